The van der Waals surface area contributed by atoms with Gasteiger partial charge in [-0.2, -0.15) is 0 Å². The van der Waals surface area contributed by atoms with Crippen LogP contribution in [0.1, 0.15) is 0 Å². The van der Waals surface area contributed by atoms with Crippen molar-refractivity contribution in [3.05, 3.63) is 273 Å². The summed E-state index contributed by atoms with van der Waals surface area (Å²) in [5.41, 5.74) is 0. The molecule has 2 heterocycles. The van der Waals surface area contributed by atoms with Crippen molar-refractivity contribution in [2.45, 2.75) is 19.6 Å². The topological polar surface area (TPSA) is 55.4 Å². The van der Waals surface area contributed by atoms with E-state index in [1.165, 1.54) is 0 Å². The van der Waals surface area contributed by atoms with E-state index in [-0.39, 0.29) is 0 Å². The van der Waals surface area contributed by atoms with Crippen LogP contribution in [0, 0.1) is 0 Å². The average molecular weight is 1000 g/mol. The second-order valence-electron chi connectivity index (χ2n) is 17.7. The molecule has 11 rings (SSSR count). The predicted molar refractivity (Wildman–Crippen MR) is 293 cm³/mol. The molecule has 9 aromatic rings. The third kappa shape index (κ3) is 9.19. The van der Waals surface area contributed by atoms with Crippen LogP contribution in [-0.4, -0.2) is 51.4 Å². The van der Waals surface area contributed by atoms with Gasteiger partial charge in [0.05, 0.1) is 0 Å². The van der Waals surface area contributed by atoms with Crippen molar-refractivity contribution in [2.75, 3.05) is 0 Å². The summed E-state index contributed by atoms with van der Waals surface area (Å²) in [5.74, 6) is 0. The molecule has 0 saturated carbocycles. The Kier molecular flexibility index (Phi) is 13.4. The fourth-order valence-corrected chi connectivity index (χ4v) is 42.0. The minimum Gasteiger partial charge on any atom is -0.412 e. The zero-order valence-electron chi connectivity index (χ0n) is 38.9. The molecule has 12 heteroatoms. The normalized spacial score (nSPS) is 19.5. The lowest BCUT2D eigenvalue weighted by Crippen LogP contribution is -2.88. The van der Waals surface area contributed by atoms with E-state index in [1.54, 1.807) is 0 Å². The highest BCUT2D eigenvalue weighted by Crippen LogP contribution is 2.33. The van der Waals surface area contributed by atoms with Crippen LogP contribution >= 0.6 is 0 Å². The number of hydrogen-bond donors (Lipinski definition) is 0. The fourth-order valence-electron chi connectivity index (χ4n) is 9.55. The van der Waals surface area contributed by atoms with Crippen molar-refractivity contribution in [3.8, 4) is 0 Å². The summed E-state index contributed by atoms with van der Waals surface area (Å²) in [5, 5.41) is 9.79. The number of hydrogen-bond acceptors (Lipinski definition) is 6. The van der Waals surface area contributed by atoms with E-state index in [1.807, 2.05) is 54.6 Å². The van der Waals surface area contributed by atoms with Gasteiger partial charge in [0.25, 0.3) is 0 Å². The first-order valence-electron chi connectivity index (χ1n) is 23.4. The first-order chi connectivity index (χ1) is 33.7. The molecule has 1 atom stereocenters. The van der Waals surface area contributed by atoms with Gasteiger partial charge in [-0.05, 0) is 66.3 Å². The molecular weight excluding hydrogens is 949 g/mol. The molecule has 0 aromatic heterocycles. The van der Waals surface area contributed by atoms with Crippen molar-refractivity contribution in [3.63, 3.8) is 0 Å². The summed E-state index contributed by atoms with van der Waals surface area (Å²) in [6.45, 7) is 6.43. The Morgan fingerprint density at radius 3 is 0.565 bits per heavy atom. The average Bonchev–Trinajstić information content (AvgIpc) is 3.42. The summed E-state index contributed by atoms with van der Waals surface area (Å²) >= 11 is 0. The third-order valence-electron chi connectivity index (χ3n) is 12.6. The van der Waals surface area contributed by atoms with Crippen LogP contribution in [0.3, 0.4) is 0 Å². The van der Waals surface area contributed by atoms with E-state index < -0.39 is 51.4 Å². The third-order valence-corrected chi connectivity index (χ3v) is 38.9. The molecule has 342 valence electrons. The Morgan fingerprint density at radius 2 is 0.362 bits per heavy atom. The molecule has 0 aliphatic carbocycles. The van der Waals surface area contributed by atoms with Gasteiger partial charge in [-0.3, -0.25) is 0 Å². The first kappa shape index (κ1) is 46.8. The van der Waals surface area contributed by atoms with Crippen LogP contribution in [-0.2, 0) is 24.7 Å². The van der Waals surface area contributed by atoms with Crippen molar-refractivity contribution >= 4 is 98.0 Å². The lowest BCUT2D eigenvalue weighted by molar-refractivity contribution is 0.252. The molecule has 1 unspecified atom stereocenters. The first-order valence-corrected chi connectivity index (χ1v) is 35.8. The molecule has 2 aliphatic rings. The van der Waals surface area contributed by atoms with Crippen molar-refractivity contribution < 1.29 is 24.7 Å². The summed E-state index contributed by atoms with van der Waals surface area (Å²) in [6.07, 6.45) is 0. The summed E-state index contributed by atoms with van der Waals surface area (Å²) in [4.78, 5) is 0. The van der Waals surface area contributed by atoms with Gasteiger partial charge >= 0.3 is 51.4 Å². The highest BCUT2D eigenvalue weighted by atomic mass is 28.5. The van der Waals surface area contributed by atoms with Gasteiger partial charge in [0.2, 0.25) is 0 Å². The molecule has 69 heavy (non-hydrogen) atoms. The van der Waals surface area contributed by atoms with Crippen LogP contribution in [0.15, 0.2) is 273 Å². The van der Waals surface area contributed by atoms with Crippen LogP contribution in [0.4, 0.5) is 0 Å². The van der Waals surface area contributed by atoms with Gasteiger partial charge in [0, 0.05) is 0 Å². The van der Waals surface area contributed by atoms with E-state index in [0.29, 0.717) is 0 Å². The number of benzene rings is 9. The summed E-state index contributed by atoms with van der Waals surface area (Å²) in [6, 6.07) is 94.4. The molecule has 2 saturated heterocycles. The molecule has 0 amide bonds. The molecular formula is C57H54O6Si6. The van der Waals surface area contributed by atoms with E-state index in [9.17, 15) is 0 Å². The zero-order chi connectivity index (χ0) is 47.3. The van der Waals surface area contributed by atoms with Gasteiger partial charge in [0.1, 0.15) is 0 Å². The van der Waals surface area contributed by atoms with Crippen LogP contribution in [0.2, 0.25) is 19.6 Å². The molecule has 2 aliphatic heterocycles. The maximum absolute atomic E-state index is 7.77. The fraction of sp³-hybridized carbons (Fsp3) is 0.0526. The summed E-state index contributed by atoms with van der Waals surface area (Å²) in [7, 11) is -18.3. The summed E-state index contributed by atoms with van der Waals surface area (Å²) < 4.78 is 43.8. The van der Waals surface area contributed by atoms with Gasteiger partial charge in [-0.15, -0.1) is 0 Å². The molecule has 0 radical (unpaired) electrons. The smallest absolute Gasteiger partial charge is 0.390 e. The Morgan fingerprint density at radius 1 is 0.188 bits per heavy atom. The lowest BCUT2D eigenvalue weighted by atomic mass is 10.4. The highest BCUT2D eigenvalue weighted by Gasteiger charge is 2.67. The molecule has 0 bridgehead atoms. The molecule has 0 N–H and O–H groups in total. The molecule has 2 fully saturated rings. The van der Waals surface area contributed by atoms with Gasteiger partial charge in [-0.25, -0.2) is 0 Å². The number of rotatable bonds is 9. The standard InChI is InChI=1S/C36H30O3Si3.C21H24O3Si3/c1-7-19-31(20-8-1)40(32-21-9-2-10-22-32)37-41(33-23-11-3-12-24-33,34-25-13-4-14-26-34)39-42(38-40,35-27-15-5-16-28-35)36-29-17-6-18-30-36;1-25(2)22-26(3,19-13-7-4-8-14-19)24-27(23-25,20-15-9-5-10-16-20)21-17-11-6-12-18-21/h1-30H;4-18H,1-3H3. The maximum Gasteiger partial charge on any atom is 0.390 e. The van der Waals surface area contributed by atoms with Gasteiger partial charge in [-0.1, -0.05) is 273 Å². The maximum atomic E-state index is 7.77. The van der Waals surface area contributed by atoms with Crippen LogP contribution < -0.4 is 46.7 Å². The Labute approximate surface area is 412 Å². The van der Waals surface area contributed by atoms with E-state index >= 15 is 0 Å². The highest BCUT2D eigenvalue weighted by molar-refractivity contribution is 7.16. The quantitative estimate of drug-likeness (QED) is 0.149. The van der Waals surface area contributed by atoms with Crippen LogP contribution in [0.5, 0.6) is 0 Å². The Hall–Kier alpha value is -5.96. The Balaban J connectivity index is 0.000000177. The largest absolute Gasteiger partial charge is 0.412 e. The predicted octanol–water partition coefficient (Wildman–Crippen LogP) is 6.81. The Bertz CT molecular complexity index is 2660. The van der Waals surface area contributed by atoms with Crippen molar-refractivity contribution in [2.24, 2.45) is 0 Å². The van der Waals surface area contributed by atoms with E-state index in [0.717, 1.165) is 46.7 Å². The second-order valence-corrected chi connectivity index (χ2v) is 37.4. The van der Waals surface area contributed by atoms with Crippen molar-refractivity contribution in [1.29, 1.82) is 0 Å². The molecule has 0 spiro atoms. The second kappa shape index (κ2) is 19.8. The van der Waals surface area contributed by atoms with Crippen LogP contribution in [0.25, 0.3) is 0 Å². The monoisotopic (exact) mass is 1000 g/mol. The van der Waals surface area contributed by atoms with Crippen molar-refractivity contribution in [1.82, 2.24) is 0 Å². The van der Waals surface area contributed by atoms with E-state index in [2.05, 4.69) is 238 Å². The zero-order valence-corrected chi connectivity index (χ0v) is 44.9. The SMILES string of the molecule is C[Si]1(C)O[Si](C)(c2ccccc2)O[Si](c2ccccc2)(c2ccccc2)O1.c1ccc([Si]2(c3ccccc3)O[Si](c3ccccc3)(c3ccccc3)O[Si](c3ccccc3)(c3ccccc3)O2)cc1. The molecule has 6 nitrogen and oxygen atoms in total. The van der Waals surface area contributed by atoms with E-state index in [4.69, 9.17) is 24.7 Å². The van der Waals surface area contributed by atoms with Gasteiger partial charge in [0.15, 0.2) is 0 Å². The van der Waals surface area contributed by atoms with Gasteiger partial charge < -0.3 is 24.7 Å². The lowest BCUT2D eigenvalue weighted by Gasteiger charge is -2.53. The minimum atomic E-state index is -3.44. The minimum absolute atomic E-state index is 1.06. The molecule has 9 aromatic carbocycles.